The lowest BCUT2D eigenvalue weighted by atomic mass is 9.84. The van der Waals surface area contributed by atoms with E-state index in [0.29, 0.717) is 11.5 Å². The molecule has 1 fully saturated rings. The van der Waals surface area contributed by atoms with E-state index in [9.17, 15) is 0 Å². The molecule has 0 amide bonds. The van der Waals surface area contributed by atoms with Crippen LogP contribution in [0.5, 0.6) is 0 Å². The van der Waals surface area contributed by atoms with Gasteiger partial charge in [-0.1, -0.05) is 27.2 Å². The van der Waals surface area contributed by atoms with Crippen LogP contribution in [-0.4, -0.2) is 62.2 Å². The molecule has 0 radical (unpaired) electrons. The van der Waals surface area contributed by atoms with E-state index in [1.54, 1.807) is 0 Å². The van der Waals surface area contributed by atoms with Crippen LogP contribution in [0.2, 0.25) is 0 Å². The molecule has 0 spiro atoms. The Morgan fingerprint density at radius 1 is 1.28 bits per heavy atom. The predicted molar refractivity (Wildman–Crippen MR) is 80.1 cm³/mol. The Bertz CT molecular complexity index is 232. The number of piperazine rings is 1. The zero-order valence-corrected chi connectivity index (χ0v) is 13.1. The first-order chi connectivity index (χ1) is 8.50. The molecule has 1 rings (SSSR count). The minimum Gasteiger partial charge on any atom is -0.316 e. The minimum atomic E-state index is 0.431. The van der Waals surface area contributed by atoms with Gasteiger partial charge in [-0.3, -0.25) is 4.90 Å². The molecule has 108 valence electrons. The fourth-order valence-electron chi connectivity index (χ4n) is 3.06. The van der Waals surface area contributed by atoms with Crippen molar-refractivity contribution in [3.8, 4) is 0 Å². The molecule has 1 saturated heterocycles. The van der Waals surface area contributed by atoms with Gasteiger partial charge in [0.25, 0.3) is 0 Å². The predicted octanol–water partition coefficient (Wildman–Crippen LogP) is 2.04. The van der Waals surface area contributed by atoms with Crippen LogP contribution in [0.4, 0.5) is 0 Å². The molecule has 0 bridgehead atoms. The quantitative estimate of drug-likeness (QED) is 0.751. The lowest BCUT2D eigenvalue weighted by Gasteiger charge is -2.42. The molecule has 18 heavy (non-hydrogen) atoms. The first kappa shape index (κ1) is 15.9. The fraction of sp³-hybridized carbons (Fsp3) is 1.00. The Morgan fingerprint density at radius 2 is 2.00 bits per heavy atom. The zero-order chi connectivity index (χ0) is 13.6. The average molecular weight is 255 g/mol. The summed E-state index contributed by atoms with van der Waals surface area (Å²) >= 11 is 0. The van der Waals surface area contributed by atoms with Gasteiger partial charge < -0.3 is 10.2 Å². The van der Waals surface area contributed by atoms with E-state index in [-0.39, 0.29) is 0 Å². The molecule has 1 heterocycles. The number of hydrogen-bond acceptors (Lipinski definition) is 3. The van der Waals surface area contributed by atoms with Gasteiger partial charge >= 0.3 is 0 Å². The molecule has 1 N–H and O–H groups in total. The van der Waals surface area contributed by atoms with Crippen molar-refractivity contribution < 1.29 is 0 Å². The standard InChI is InChI=1S/C15H33N3/c1-6-8-15(4,12-16-7-2)13-18-10-9-17(5)14(3)11-18/h14,16H,6-13H2,1-5H3. The third kappa shape index (κ3) is 4.87. The first-order valence-corrected chi connectivity index (χ1v) is 7.64. The second-order valence-electron chi connectivity index (χ2n) is 6.41. The summed E-state index contributed by atoms with van der Waals surface area (Å²) in [4.78, 5) is 5.13. The number of rotatable bonds is 7. The lowest BCUT2D eigenvalue weighted by molar-refractivity contribution is 0.0662. The van der Waals surface area contributed by atoms with Crippen molar-refractivity contribution in [1.29, 1.82) is 0 Å². The second-order valence-corrected chi connectivity index (χ2v) is 6.41. The molecular weight excluding hydrogens is 222 g/mol. The van der Waals surface area contributed by atoms with Gasteiger partial charge in [0.1, 0.15) is 0 Å². The van der Waals surface area contributed by atoms with Crippen LogP contribution in [0.1, 0.15) is 40.5 Å². The monoisotopic (exact) mass is 255 g/mol. The maximum absolute atomic E-state index is 3.55. The summed E-state index contributed by atoms with van der Waals surface area (Å²) in [6, 6.07) is 0.698. The Hall–Kier alpha value is -0.120. The molecule has 0 aromatic rings. The second kappa shape index (κ2) is 7.46. The topological polar surface area (TPSA) is 18.5 Å². The van der Waals surface area contributed by atoms with Gasteiger partial charge in [-0.25, -0.2) is 0 Å². The molecule has 3 heteroatoms. The van der Waals surface area contributed by atoms with Crippen LogP contribution in [0.3, 0.4) is 0 Å². The summed E-state index contributed by atoms with van der Waals surface area (Å²) in [5.41, 5.74) is 0.431. The third-order valence-electron chi connectivity index (χ3n) is 4.30. The summed E-state index contributed by atoms with van der Waals surface area (Å²) in [5, 5.41) is 3.55. The van der Waals surface area contributed by atoms with Crippen LogP contribution >= 0.6 is 0 Å². The van der Waals surface area contributed by atoms with Gasteiger partial charge in [0.05, 0.1) is 0 Å². The van der Waals surface area contributed by atoms with Crippen molar-refractivity contribution in [2.75, 3.05) is 46.3 Å². The molecule has 2 atom stereocenters. The van der Waals surface area contributed by atoms with Gasteiger partial charge in [0, 0.05) is 38.8 Å². The Kier molecular flexibility index (Phi) is 6.61. The van der Waals surface area contributed by atoms with Gasteiger partial charge in [-0.05, 0) is 32.4 Å². The molecular formula is C15H33N3. The SMILES string of the molecule is CCCC(C)(CNCC)CN1CCN(C)C(C)C1. The largest absolute Gasteiger partial charge is 0.316 e. The molecule has 0 aromatic carbocycles. The highest BCUT2D eigenvalue weighted by molar-refractivity contribution is 4.84. The van der Waals surface area contributed by atoms with E-state index >= 15 is 0 Å². The van der Waals surface area contributed by atoms with Gasteiger partial charge in [-0.15, -0.1) is 0 Å². The van der Waals surface area contributed by atoms with Crippen LogP contribution < -0.4 is 5.32 Å². The average Bonchev–Trinajstić information content (AvgIpc) is 2.32. The summed E-state index contributed by atoms with van der Waals surface area (Å²) < 4.78 is 0. The highest BCUT2D eigenvalue weighted by Gasteiger charge is 2.29. The van der Waals surface area contributed by atoms with Crippen molar-refractivity contribution >= 4 is 0 Å². The van der Waals surface area contributed by atoms with Crippen molar-refractivity contribution in [2.24, 2.45) is 5.41 Å². The number of hydrogen-bond donors (Lipinski definition) is 1. The third-order valence-corrected chi connectivity index (χ3v) is 4.30. The van der Waals surface area contributed by atoms with Gasteiger partial charge in [0.15, 0.2) is 0 Å². The molecule has 0 aliphatic carbocycles. The maximum Gasteiger partial charge on any atom is 0.0192 e. The van der Waals surface area contributed by atoms with Crippen LogP contribution in [0.25, 0.3) is 0 Å². The highest BCUT2D eigenvalue weighted by atomic mass is 15.3. The lowest BCUT2D eigenvalue weighted by Crippen LogP contribution is -2.53. The molecule has 1 aliphatic rings. The van der Waals surface area contributed by atoms with Crippen LogP contribution in [0.15, 0.2) is 0 Å². The van der Waals surface area contributed by atoms with Gasteiger partial charge in [0.2, 0.25) is 0 Å². The Morgan fingerprint density at radius 3 is 2.56 bits per heavy atom. The maximum atomic E-state index is 3.55. The molecule has 0 saturated carbocycles. The smallest absolute Gasteiger partial charge is 0.0192 e. The summed E-state index contributed by atoms with van der Waals surface area (Å²) in [7, 11) is 2.24. The van der Waals surface area contributed by atoms with E-state index in [1.165, 1.54) is 39.0 Å². The van der Waals surface area contributed by atoms with Gasteiger partial charge in [-0.2, -0.15) is 0 Å². The van der Waals surface area contributed by atoms with E-state index in [2.05, 4.69) is 49.9 Å². The van der Waals surface area contributed by atoms with E-state index in [0.717, 1.165) is 13.1 Å². The Balaban J connectivity index is 2.49. The molecule has 3 nitrogen and oxygen atoms in total. The van der Waals surface area contributed by atoms with E-state index < -0.39 is 0 Å². The molecule has 2 unspecified atom stereocenters. The molecule has 0 aromatic heterocycles. The molecule has 1 aliphatic heterocycles. The number of nitrogens with one attached hydrogen (secondary N) is 1. The first-order valence-electron chi connectivity index (χ1n) is 7.64. The van der Waals surface area contributed by atoms with E-state index in [1.807, 2.05) is 0 Å². The van der Waals surface area contributed by atoms with Crippen molar-refractivity contribution in [3.05, 3.63) is 0 Å². The highest BCUT2D eigenvalue weighted by Crippen LogP contribution is 2.25. The van der Waals surface area contributed by atoms with E-state index in [4.69, 9.17) is 0 Å². The number of likely N-dealkylation sites (N-methyl/N-ethyl adjacent to an activating group) is 1. The zero-order valence-electron chi connectivity index (χ0n) is 13.1. The summed E-state index contributed by atoms with van der Waals surface area (Å²) in [5.74, 6) is 0. The normalized spacial score (nSPS) is 26.2. The fourth-order valence-corrected chi connectivity index (χ4v) is 3.06. The summed E-state index contributed by atoms with van der Waals surface area (Å²) in [6.07, 6.45) is 2.60. The Labute approximate surface area is 114 Å². The van der Waals surface area contributed by atoms with Crippen LogP contribution in [-0.2, 0) is 0 Å². The van der Waals surface area contributed by atoms with Crippen molar-refractivity contribution in [2.45, 2.75) is 46.6 Å². The number of nitrogens with zero attached hydrogens (tertiary/aromatic N) is 2. The minimum absolute atomic E-state index is 0.431. The van der Waals surface area contributed by atoms with Crippen LogP contribution in [0, 0.1) is 5.41 Å². The van der Waals surface area contributed by atoms with Crippen molar-refractivity contribution in [3.63, 3.8) is 0 Å². The van der Waals surface area contributed by atoms with Crippen molar-refractivity contribution in [1.82, 2.24) is 15.1 Å². The summed E-state index contributed by atoms with van der Waals surface area (Å²) in [6.45, 7) is 16.4.